The van der Waals surface area contributed by atoms with Crippen molar-refractivity contribution in [3.8, 4) is 0 Å². The number of hydrogen-bond donors (Lipinski definition) is 2. The van der Waals surface area contributed by atoms with Crippen LogP contribution in [0.4, 0.5) is 16.4 Å². The van der Waals surface area contributed by atoms with E-state index in [-0.39, 0.29) is 22.5 Å². The van der Waals surface area contributed by atoms with Crippen LogP contribution in [0.15, 0.2) is 29.3 Å². The van der Waals surface area contributed by atoms with E-state index in [0.29, 0.717) is 53.7 Å². The summed E-state index contributed by atoms with van der Waals surface area (Å²) in [5.41, 5.74) is 5.37. The first-order valence-electron chi connectivity index (χ1n) is 11.4. The molecule has 1 aromatic carbocycles. The molecule has 1 atom stereocenters. The zero-order valence-corrected chi connectivity index (χ0v) is 22.0. The highest BCUT2D eigenvalue weighted by Crippen LogP contribution is 2.28. The lowest BCUT2D eigenvalue weighted by atomic mass is 10.2. The number of ether oxygens (including phenoxy) is 1. The second kappa shape index (κ2) is 9.98. The Bertz CT molecular complexity index is 1350. The highest BCUT2D eigenvalue weighted by molar-refractivity contribution is 6.35. The van der Waals surface area contributed by atoms with Gasteiger partial charge in [-0.2, -0.15) is 0 Å². The summed E-state index contributed by atoms with van der Waals surface area (Å²) in [5, 5.41) is 5.82. The number of nitrogens with zero attached hydrogens (tertiary/aromatic N) is 6. The standard InChI is InChI=1S/C23H28Cl2N8O3/c1-13(29-19-17(25)18(26)27-12-28-19)20-30-15-7-5-6-14(24)16(15)21(34)33(20)32-10-8-31(9-11-32)22(35)36-23(2,3)4/h5-7,12-13H,8-11H2,1-4H3,(H3,26,27,28,29). The van der Waals surface area contributed by atoms with E-state index in [1.54, 1.807) is 23.1 Å². The monoisotopic (exact) mass is 534 g/mol. The van der Waals surface area contributed by atoms with Gasteiger partial charge in [-0.1, -0.05) is 29.3 Å². The van der Waals surface area contributed by atoms with E-state index in [4.69, 9.17) is 38.7 Å². The van der Waals surface area contributed by atoms with Gasteiger partial charge >= 0.3 is 6.09 Å². The summed E-state index contributed by atoms with van der Waals surface area (Å²) >= 11 is 12.7. The number of carbonyl (C=O) groups excluding carboxylic acids is 1. The molecule has 0 bridgehead atoms. The second-order valence-corrected chi connectivity index (χ2v) is 10.2. The first kappa shape index (κ1) is 25.8. The number of aromatic nitrogens is 4. The SMILES string of the molecule is CC(Nc1ncnc(N)c1Cl)c1nc2cccc(Cl)c2c(=O)n1N1CCN(C(=O)OC(C)(C)C)CC1. The third-order valence-electron chi connectivity index (χ3n) is 5.60. The maximum absolute atomic E-state index is 13.7. The van der Waals surface area contributed by atoms with Gasteiger partial charge in [-0.15, -0.1) is 0 Å². The van der Waals surface area contributed by atoms with Crippen LogP contribution in [-0.4, -0.2) is 62.4 Å². The number of carbonyl (C=O) groups is 1. The van der Waals surface area contributed by atoms with E-state index in [9.17, 15) is 9.59 Å². The smallest absolute Gasteiger partial charge is 0.410 e. The summed E-state index contributed by atoms with van der Waals surface area (Å²) < 4.78 is 7.00. The predicted octanol–water partition coefficient (Wildman–Crippen LogP) is 3.44. The number of amides is 1. The summed E-state index contributed by atoms with van der Waals surface area (Å²) in [6.07, 6.45) is 0.910. The molecule has 1 unspecified atom stereocenters. The Hall–Kier alpha value is -3.31. The molecule has 1 amide bonds. The molecule has 0 aliphatic carbocycles. The molecule has 0 spiro atoms. The van der Waals surface area contributed by atoms with Gasteiger partial charge in [0.25, 0.3) is 5.56 Å². The fourth-order valence-electron chi connectivity index (χ4n) is 3.91. The number of rotatable bonds is 4. The van der Waals surface area contributed by atoms with Crippen molar-refractivity contribution in [1.29, 1.82) is 0 Å². The molecular formula is C23H28Cl2N8O3. The summed E-state index contributed by atoms with van der Waals surface area (Å²) in [6, 6.07) is 4.63. The van der Waals surface area contributed by atoms with Crippen LogP contribution in [0.5, 0.6) is 0 Å². The lowest BCUT2D eigenvalue weighted by molar-refractivity contribution is 0.0231. The molecule has 0 saturated carbocycles. The zero-order chi connectivity index (χ0) is 26.2. The van der Waals surface area contributed by atoms with Crippen molar-refractivity contribution in [2.24, 2.45) is 0 Å². The lowest BCUT2D eigenvalue weighted by Gasteiger charge is -2.38. The van der Waals surface area contributed by atoms with Gasteiger partial charge in [0.15, 0.2) is 11.6 Å². The number of nitrogens with two attached hydrogens (primary N) is 1. The Morgan fingerprint density at radius 1 is 1.17 bits per heavy atom. The van der Waals surface area contributed by atoms with Crippen LogP contribution in [0.25, 0.3) is 10.9 Å². The van der Waals surface area contributed by atoms with Gasteiger partial charge in [0.1, 0.15) is 22.8 Å². The molecule has 3 aromatic rings. The molecule has 3 N–H and O–H groups in total. The highest BCUT2D eigenvalue weighted by Gasteiger charge is 2.29. The van der Waals surface area contributed by atoms with Crippen molar-refractivity contribution < 1.29 is 9.53 Å². The van der Waals surface area contributed by atoms with Crippen LogP contribution in [0, 0.1) is 0 Å². The topological polar surface area (TPSA) is 131 Å². The molecule has 1 fully saturated rings. The van der Waals surface area contributed by atoms with Crippen molar-refractivity contribution in [1.82, 2.24) is 24.5 Å². The normalized spacial score (nSPS) is 15.2. The Labute approximate surface area is 218 Å². The van der Waals surface area contributed by atoms with Crippen LogP contribution in [-0.2, 0) is 4.74 Å². The van der Waals surface area contributed by atoms with Crippen molar-refractivity contribution in [3.63, 3.8) is 0 Å². The lowest BCUT2D eigenvalue weighted by Crippen LogP contribution is -2.57. The number of benzene rings is 1. The van der Waals surface area contributed by atoms with Crippen LogP contribution < -0.4 is 21.6 Å². The summed E-state index contributed by atoms with van der Waals surface area (Å²) in [6.45, 7) is 8.82. The van der Waals surface area contributed by atoms with E-state index in [1.165, 1.54) is 11.0 Å². The fourth-order valence-corrected chi connectivity index (χ4v) is 4.31. The molecule has 3 heterocycles. The molecule has 1 aliphatic heterocycles. The zero-order valence-electron chi connectivity index (χ0n) is 20.5. The fraction of sp³-hybridized carbons (Fsp3) is 0.435. The Morgan fingerprint density at radius 3 is 2.53 bits per heavy atom. The van der Waals surface area contributed by atoms with Crippen LogP contribution in [0.2, 0.25) is 10.0 Å². The number of nitrogens with one attached hydrogen (secondary N) is 1. The molecule has 1 saturated heterocycles. The Kier molecular flexibility index (Phi) is 7.14. The summed E-state index contributed by atoms with van der Waals surface area (Å²) in [4.78, 5) is 40.7. The average Bonchev–Trinajstić information content (AvgIpc) is 2.81. The Balaban J connectivity index is 1.70. The van der Waals surface area contributed by atoms with E-state index in [2.05, 4.69) is 15.3 Å². The van der Waals surface area contributed by atoms with Crippen molar-refractivity contribution in [2.75, 3.05) is 42.2 Å². The maximum atomic E-state index is 13.7. The average molecular weight is 535 g/mol. The molecule has 11 nitrogen and oxygen atoms in total. The third-order valence-corrected chi connectivity index (χ3v) is 6.29. The molecular weight excluding hydrogens is 507 g/mol. The van der Waals surface area contributed by atoms with Gasteiger partial charge in [0.05, 0.1) is 35.1 Å². The van der Waals surface area contributed by atoms with Gasteiger partial charge in [-0.3, -0.25) is 4.79 Å². The maximum Gasteiger partial charge on any atom is 0.410 e. The van der Waals surface area contributed by atoms with Crippen LogP contribution >= 0.6 is 23.2 Å². The number of hydrogen-bond acceptors (Lipinski definition) is 9. The molecule has 2 aromatic heterocycles. The van der Waals surface area contributed by atoms with Crippen LogP contribution in [0.1, 0.15) is 39.6 Å². The van der Waals surface area contributed by atoms with E-state index in [1.807, 2.05) is 32.7 Å². The van der Waals surface area contributed by atoms with Gasteiger partial charge < -0.3 is 25.7 Å². The minimum atomic E-state index is -0.593. The predicted molar refractivity (Wildman–Crippen MR) is 140 cm³/mol. The number of piperazine rings is 1. The van der Waals surface area contributed by atoms with Gasteiger partial charge in [0, 0.05) is 13.1 Å². The van der Waals surface area contributed by atoms with Gasteiger partial charge in [-0.25, -0.2) is 24.4 Å². The minimum Gasteiger partial charge on any atom is -0.444 e. The van der Waals surface area contributed by atoms with E-state index >= 15 is 0 Å². The van der Waals surface area contributed by atoms with Crippen molar-refractivity contribution in [2.45, 2.75) is 39.3 Å². The molecule has 13 heteroatoms. The van der Waals surface area contributed by atoms with E-state index < -0.39 is 11.6 Å². The molecule has 1 aliphatic rings. The van der Waals surface area contributed by atoms with Gasteiger partial charge in [-0.05, 0) is 39.8 Å². The highest BCUT2D eigenvalue weighted by atomic mass is 35.5. The minimum absolute atomic E-state index is 0.135. The number of nitrogen functional groups attached to an aromatic ring is 1. The molecule has 36 heavy (non-hydrogen) atoms. The largest absolute Gasteiger partial charge is 0.444 e. The molecule has 0 radical (unpaired) electrons. The number of fused-ring (bicyclic) bond motifs is 1. The quantitative estimate of drug-likeness (QED) is 0.516. The summed E-state index contributed by atoms with van der Waals surface area (Å²) in [5.74, 6) is 0.877. The molecule has 192 valence electrons. The summed E-state index contributed by atoms with van der Waals surface area (Å²) in [7, 11) is 0. The number of halogens is 2. The third kappa shape index (κ3) is 5.26. The second-order valence-electron chi connectivity index (χ2n) is 9.43. The Morgan fingerprint density at radius 2 is 1.86 bits per heavy atom. The van der Waals surface area contributed by atoms with Crippen LogP contribution in [0.3, 0.4) is 0 Å². The van der Waals surface area contributed by atoms with Gasteiger partial charge in [0.2, 0.25) is 0 Å². The first-order valence-corrected chi connectivity index (χ1v) is 12.2. The van der Waals surface area contributed by atoms with Crippen molar-refractivity contribution in [3.05, 3.63) is 50.7 Å². The van der Waals surface area contributed by atoms with E-state index in [0.717, 1.165) is 0 Å². The number of anilines is 2. The van der Waals surface area contributed by atoms with Crippen molar-refractivity contribution >= 4 is 51.8 Å². The molecule has 4 rings (SSSR count). The first-order chi connectivity index (χ1) is 17.0.